The van der Waals surface area contributed by atoms with E-state index < -0.39 is 5.82 Å². The molecule has 2 fully saturated rings. The van der Waals surface area contributed by atoms with Gasteiger partial charge in [0, 0.05) is 48.7 Å². The molecule has 2 aromatic heterocycles. The van der Waals surface area contributed by atoms with Crippen LogP contribution in [0.2, 0.25) is 5.02 Å². The molecule has 2 saturated heterocycles. The minimum atomic E-state index is -0.453. The number of likely N-dealkylation sites (tertiary alicyclic amines) is 1. The fourth-order valence-corrected chi connectivity index (χ4v) is 6.84. The number of benzene rings is 2. The van der Waals surface area contributed by atoms with Crippen molar-refractivity contribution in [2.24, 2.45) is 0 Å². The van der Waals surface area contributed by atoms with E-state index in [0.717, 1.165) is 35.3 Å². The van der Waals surface area contributed by atoms with Crippen molar-refractivity contribution in [1.82, 2.24) is 24.3 Å². The lowest BCUT2D eigenvalue weighted by atomic mass is 9.94. The zero-order valence-corrected chi connectivity index (χ0v) is 25.7. The minimum absolute atomic E-state index is 0.0536. The molecule has 0 bridgehead atoms. The molecule has 0 aliphatic carbocycles. The topological polar surface area (TPSA) is 81.3 Å². The summed E-state index contributed by atoms with van der Waals surface area (Å²) in [5, 5.41) is 10.4. The number of aromatic nitrogens is 3. The van der Waals surface area contributed by atoms with E-state index in [2.05, 4.69) is 41.1 Å². The van der Waals surface area contributed by atoms with Crippen LogP contribution in [0.5, 0.6) is 0 Å². The van der Waals surface area contributed by atoms with Gasteiger partial charge in [0.05, 0.1) is 29.4 Å². The van der Waals surface area contributed by atoms with Crippen LogP contribution in [-0.2, 0) is 4.79 Å². The number of anilines is 1. The lowest BCUT2D eigenvalue weighted by Crippen LogP contribution is -2.57. The Kier molecular flexibility index (Phi) is 7.61. The van der Waals surface area contributed by atoms with Crippen LogP contribution < -0.4 is 4.90 Å². The van der Waals surface area contributed by atoms with Crippen LogP contribution in [0, 0.1) is 31.0 Å². The molecule has 2 aliphatic rings. The number of nitrogens with zero attached hydrogens (tertiary/aromatic N) is 7. The van der Waals surface area contributed by atoms with Crippen LogP contribution in [0.1, 0.15) is 36.4 Å². The van der Waals surface area contributed by atoms with Gasteiger partial charge in [0.15, 0.2) is 11.6 Å². The number of likely N-dealkylation sites (N-methyl/N-ethyl adjacent to an activating group) is 1. The van der Waals surface area contributed by atoms with Gasteiger partial charge in [0.25, 0.3) is 0 Å². The van der Waals surface area contributed by atoms with Crippen molar-refractivity contribution in [3.8, 4) is 17.2 Å². The summed E-state index contributed by atoms with van der Waals surface area (Å²) in [6.07, 6.45) is 4.54. The second kappa shape index (κ2) is 11.3. The number of hydrogen-bond donors (Lipinski definition) is 0. The fraction of sp³-hybridized carbons (Fsp3) is 0.394. The number of carbonyl (C=O) groups excluding carboxylic acids is 1. The molecular formula is C33H35ClFN7O. The molecule has 0 spiro atoms. The standard InChI is InChI=1S/C33H35ClFN7O/c1-6-27(43)41-12-10-22(14-21(41)9-11-36)42-18-37-31-32(42)25-15-26(34)28(24-13-19(2)7-8-20(24)3)29(35)30(25)38-33(31)40-16-23(17-40)39(4)5/h6-8,13,15,18,21-23H,1,9-10,12,14,16-17H2,2-5H3. The molecule has 4 heterocycles. The highest BCUT2D eigenvalue weighted by Gasteiger charge is 2.35. The fourth-order valence-electron chi connectivity index (χ4n) is 6.54. The van der Waals surface area contributed by atoms with Crippen LogP contribution in [0.15, 0.2) is 43.2 Å². The van der Waals surface area contributed by atoms with Gasteiger partial charge in [-0.05, 0) is 64.1 Å². The number of piperidine rings is 1. The molecule has 1 amide bonds. The molecule has 2 aliphatic heterocycles. The average Bonchev–Trinajstić information content (AvgIpc) is 3.40. The Morgan fingerprint density at radius 1 is 1.26 bits per heavy atom. The number of imidazole rings is 1. The molecule has 2 aromatic carbocycles. The Morgan fingerprint density at radius 3 is 2.72 bits per heavy atom. The summed E-state index contributed by atoms with van der Waals surface area (Å²) in [5.74, 6) is 0.0260. The van der Waals surface area contributed by atoms with Crippen LogP contribution in [0.3, 0.4) is 0 Å². The van der Waals surface area contributed by atoms with Gasteiger partial charge in [0.2, 0.25) is 5.91 Å². The van der Waals surface area contributed by atoms with Crippen LogP contribution in [0.25, 0.3) is 33.1 Å². The number of pyridine rings is 1. The lowest BCUT2D eigenvalue weighted by Gasteiger charge is -2.43. The van der Waals surface area contributed by atoms with E-state index >= 15 is 4.39 Å². The Labute approximate surface area is 256 Å². The van der Waals surface area contributed by atoms with Crippen molar-refractivity contribution >= 4 is 45.3 Å². The maximum atomic E-state index is 16.8. The van der Waals surface area contributed by atoms with Crippen molar-refractivity contribution in [3.05, 3.63) is 65.2 Å². The van der Waals surface area contributed by atoms with Crippen molar-refractivity contribution in [2.45, 2.75) is 51.2 Å². The monoisotopic (exact) mass is 599 g/mol. The van der Waals surface area contributed by atoms with Crippen LogP contribution in [0.4, 0.5) is 10.2 Å². The van der Waals surface area contributed by atoms with Crippen LogP contribution >= 0.6 is 11.6 Å². The second-order valence-electron chi connectivity index (χ2n) is 12.0. The predicted molar refractivity (Wildman–Crippen MR) is 169 cm³/mol. The molecule has 222 valence electrons. The first kappa shape index (κ1) is 29.1. The smallest absolute Gasteiger partial charge is 0.246 e. The quantitative estimate of drug-likeness (QED) is 0.251. The zero-order valence-electron chi connectivity index (χ0n) is 24.9. The molecule has 10 heteroatoms. The molecule has 43 heavy (non-hydrogen) atoms. The predicted octanol–water partition coefficient (Wildman–Crippen LogP) is 6.04. The molecule has 0 N–H and O–H groups in total. The van der Waals surface area contributed by atoms with Crippen molar-refractivity contribution in [3.63, 3.8) is 0 Å². The number of rotatable bonds is 6. The zero-order chi connectivity index (χ0) is 30.6. The van der Waals surface area contributed by atoms with E-state index in [4.69, 9.17) is 21.6 Å². The van der Waals surface area contributed by atoms with Crippen molar-refractivity contribution in [2.75, 3.05) is 38.6 Å². The molecule has 4 aromatic rings. The third-order valence-corrected chi connectivity index (χ3v) is 9.39. The first-order valence-corrected chi connectivity index (χ1v) is 15.0. The molecule has 6 rings (SSSR count). The van der Waals surface area contributed by atoms with E-state index in [-0.39, 0.29) is 29.9 Å². The number of halogens is 2. The highest BCUT2D eigenvalue weighted by molar-refractivity contribution is 6.35. The van der Waals surface area contributed by atoms with E-state index in [1.54, 1.807) is 11.2 Å². The highest BCUT2D eigenvalue weighted by Crippen LogP contribution is 2.43. The first-order valence-electron chi connectivity index (χ1n) is 14.6. The third kappa shape index (κ3) is 4.92. The van der Waals surface area contributed by atoms with E-state index in [9.17, 15) is 10.1 Å². The second-order valence-corrected chi connectivity index (χ2v) is 12.4. The molecule has 0 saturated carbocycles. The number of hydrogen-bond acceptors (Lipinski definition) is 6. The summed E-state index contributed by atoms with van der Waals surface area (Å²) in [7, 11) is 4.11. The third-order valence-electron chi connectivity index (χ3n) is 9.09. The minimum Gasteiger partial charge on any atom is -0.351 e. The molecular weight excluding hydrogens is 565 g/mol. The van der Waals surface area contributed by atoms with E-state index in [1.165, 1.54) is 6.08 Å². The molecule has 2 atom stereocenters. The highest BCUT2D eigenvalue weighted by atomic mass is 35.5. The van der Waals surface area contributed by atoms with Crippen molar-refractivity contribution in [1.29, 1.82) is 5.26 Å². The number of aryl methyl sites for hydroxylation is 2. The summed E-state index contributed by atoms with van der Waals surface area (Å²) in [5.41, 5.74) is 4.76. The van der Waals surface area contributed by atoms with Gasteiger partial charge in [-0.15, -0.1) is 0 Å². The molecule has 0 radical (unpaired) electrons. The van der Waals surface area contributed by atoms with E-state index in [0.29, 0.717) is 52.7 Å². The maximum Gasteiger partial charge on any atom is 0.246 e. The maximum absolute atomic E-state index is 16.8. The summed E-state index contributed by atoms with van der Waals surface area (Å²) in [4.78, 5) is 28.4. The van der Waals surface area contributed by atoms with Gasteiger partial charge in [-0.25, -0.2) is 14.4 Å². The number of amides is 1. The Hall–Kier alpha value is -4.00. The van der Waals surface area contributed by atoms with Gasteiger partial charge in [-0.3, -0.25) is 4.79 Å². The van der Waals surface area contributed by atoms with E-state index in [1.807, 2.05) is 38.1 Å². The summed E-state index contributed by atoms with van der Waals surface area (Å²) in [6.45, 7) is 9.58. The average molecular weight is 600 g/mol. The molecule has 2 unspecified atom stereocenters. The van der Waals surface area contributed by atoms with Gasteiger partial charge < -0.3 is 19.3 Å². The van der Waals surface area contributed by atoms with Gasteiger partial charge in [-0.2, -0.15) is 5.26 Å². The van der Waals surface area contributed by atoms with Crippen molar-refractivity contribution < 1.29 is 9.18 Å². The Morgan fingerprint density at radius 2 is 2.02 bits per heavy atom. The number of carbonyl (C=O) groups is 1. The van der Waals surface area contributed by atoms with Gasteiger partial charge >= 0.3 is 0 Å². The lowest BCUT2D eigenvalue weighted by molar-refractivity contribution is -0.130. The van der Waals surface area contributed by atoms with Gasteiger partial charge in [-0.1, -0.05) is 41.9 Å². The summed E-state index contributed by atoms with van der Waals surface area (Å²) >= 11 is 6.90. The number of nitriles is 1. The Bertz CT molecular complexity index is 1800. The first-order chi connectivity index (χ1) is 20.6. The SMILES string of the molecule is C=CC(=O)N1CCC(n2cnc3c(N4CC(N(C)C)C4)nc4c(F)c(-c5cc(C)ccc5C)c(Cl)cc4c32)CC1CC#N. The largest absolute Gasteiger partial charge is 0.351 e. The normalized spacial score (nSPS) is 19.2. The van der Waals surface area contributed by atoms with Crippen LogP contribution in [-0.4, -0.2) is 76.1 Å². The summed E-state index contributed by atoms with van der Waals surface area (Å²) < 4.78 is 18.8. The van der Waals surface area contributed by atoms with Gasteiger partial charge in [0.1, 0.15) is 11.0 Å². The summed E-state index contributed by atoms with van der Waals surface area (Å²) in [6, 6.07) is 10.0. The Balaban J connectivity index is 1.55. The number of fused-ring (bicyclic) bond motifs is 3. The molecule has 8 nitrogen and oxygen atoms in total.